The fraction of sp³-hybridized carbons (Fsp3) is 0.360. The molecule has 33 heavy (non-hydrogen) atoms. The number of carbonyl (C=O) groups excluding carboxylic acids is 1. The molecule has 2 aromatic carbocycles. The molecule has 2 atom stereocenters. The van der Waals surface area contributed by atoms with Crippen molar-refractivity contribution in [3.05, 3.63) is 66.0 Å². The van der Waals surface area contributed by atoms with Crippen LogP contribution in [0.1, 0.15) is 56.5 Å². The Balaban J connectivity index is 1.34. The lowest BCUT2D eigenvalue weighted by atomic mass is 10.1. The van der Waals surface area contributed by atoms with E-state index in [1.165, 1.54) is 0 Å². The summed E-state index contributed by atoms with van der Waals surface area (Å²) in [5.74, 6) is 3.46. The molecule has 5 rings (SSSR count). The summed E-state index contributed by atoms with van der Waals surface area (Å²) < 4.78 is 11.1. The number of nitrogens with zero attached hydrogens (tertiary/aromatic N) is 4. The Hall–Kier alpha value is -3.68. The quantitative estimate of drug-likeness (QED) is 0.493. The summed E-state index contributed by atoms with van der Waals surface area (Å²) in [4.78, 5) is 27.7. The van der Waals surface area contributed by atoms with E-state index in [4.69, 9.17) is 9.47 Å². The van der Waals surface area contributed by atoms with Crippen LogP contribution in [0.3, 0.4) is 0 Å². The third-order valence-electron chi connectivity index (χ3n) is 5.94. The van der Waals surface area contributed by atoms with Gasteiger partial charge in [-0.3, -0.25) is 0 Å². The lowest BCUT2D eigenvalue weighted by molar-refractivity contribution is 0.178. The Kier molecular flexibility index (Phi) is 5.81. The van der Waals surface area contributed by atoms with Gasteiger partial charge in [0, 0.05) is 5.92 Å². The van der Waals surface area contributed by atoms with E-state index >= 15 is 0 Å². The van der Waals surface area contributed by atoms with Gasteiger partial charge >= 0.3 is 6.09 Å². The third kappa shape index (κ3) is 4.74. The molecule has 0 spiro atoms. The molecule has 1 amide bonds. The average molecular weight is 446 g/mol. The molecule has 0 radical (unpaired) electrons. The fourth-order valence-electron chi connectivity index (χ4n) is 3.81. The second-order valence-electron chi connectivity index (χ2n) is 8.45. The highest BCUT2D eigenvalue weighted by molar-refractivity contribution is 5.88. The van der Waals surface area contributed by atoms with Crippen molar-refractivity contribution >= 4 is 18.0 Å². The molecule has 170 valence electrons. The molecule has 8 nitrogen and oxygen atoms in total. The molecule has 1 aromatic heterocycles. The number of aromatic nitrogens is 3. The van der Waals surface area contributed by atoms with Gasteiger partial charge in [0.25, 0.3) is 0 Å². The second kappa shape index (κ2) is 9.05. The topological polar surface area (TPSA) is 89.5 Å². The number of nitrogens with one attached hydrogen (secondary N) is 1. The number of ether oxygens (including phenoxy) is 2. The molecule has 3 aromatic rings. The number of cyclic esters (lactones) is 1. The van der Waals surface area contributed by atoms with Gasteiger partial charge in [0.2, 0.25) is 11.9 Å². The zero-order valence-electron chi connectivity index (χ0n) is 18.8. The number of rotatable bonds is 8. The number of hydrogen-bond acceptors (Lipinski definition) is 7. The van der Waals surface area contributed by atoms with Crippen molar-refractivity contribution in [3.8, 4) is 11.5 Å². The summed E-state index contributed by atoms with van der Waals surface area (Å²) in [6.07, 6.45) is 2.49. The van der Waals surface area contributed by atoms with E-state index in [-0.39, 0.29) is 12.1 Å². The van der Waals surface area contributed by atoms with Crippen LogP contribution in [0.2, 0.25) is 0 Å². The zero-order valence-corrected chi connectivity index (χ0v) is 18.8. The van der Waals surface area contributed by atoms with Crippen LogP contribution in [0.4, 0.5) is 16.7 Å². The smallest absolute Gasteiger partial charge is 0.417 e. The molecule has 2 aliphatic rings. The first-order valence-electron chi connectivity index (χ1n) is 11.4. The van der Waals surface area contributed by atoms with E-state index in [1.54, 1.807) is 4.90 Å². The first-order valence-corrected chi connectivity index (χ1v) is 11.4. The van der Waals surface area contributed by atoms with Crippen molar-refractivity contribution in [3.63, 3.8) is 0 Å². The normalized spacial score (nSPS) is 18.7. The predicted octanol–water partition coefficient (Wildman–Crippen LogP) is 5.45. The number of benzene rings is 2. The summed E-state index contributed by atoms with van der Waals surface area (Å²) in [5, 5.41) is 3.38. The number of para-hydroxylation sites is 1. The van der Waals surface area contributed by atoms with Gasteiger partial charge in [-0.05, 0) is 56.0 Å². The van der Waals surface area contributed by atoms with Gasteiger partial charge in [-0.25, -0.2) is 9.69 Å². The Morgan fingerprint density at radius 3 is 2.48 bits per heavy atom. The molecule has 1 aliphatic carbocycles. The Bertz CT molecular complexity index is 1120. The van der Waals surface area contributed by atoms with Crippen LogP contribution in [0.5, 0.6) is 11.5 Å². The summed E-state index contributed by atoms with van der Waals surface area (Å²) >= 11 is 0. The van der Waals surface area contributed by atoms with Crippen molar-refractivity contribution in [2.24, 2.45) is 0 Å². The maximum atomic E-state index is 12.3. The van der Waals surface area contributed by atoms with E-state index < -0.39 is 6.09 Å². The standard InChI is InChI=1S/C25H27N5O3/c1-3-19-15-32-25(31)30(19)24-28-22(18-9-10-18)27-23(29-24)26-16(2)17-11-13-21(14-12-17)33-20-7-5-4-6-8-20/h4-8,11-14,16,18-19H,3,9-10,15H2,1-2H3,(H,26,27,28,29)/t16-,19?/m0/s1. The van der Waals surface area contributed by atoms with E-state index in [0.717, 1.165) is 42.1 Å². The highest BCUT2D eigenvalue weighted by Crippen LogP contribution is 2.39. The van der Waals surface area contributed by atoms with Crippen molar-refractivity contribution in [1.82, 2.24) is 15.0 Å². The predicted molar refractivity (Wildman–Crippen MR) is 125 cm³/mol. The first-order chi connectivity index (χ1) is 16.1. The van der Waals surface area contributed by atoms with Crippen LogP contribution in [-0.2, 0) is 4.74 Å². The molecule has 1 aliphatic heterocycles. The molecule has 2 fully saturated rings. The number of anilines is 2. The maximum Gasteiger partial charge on any atom is 0.417 e. The molecule has 1 saturated heterocycles. The molecule has 1 saturated carbocycles. The van der Waals surface area contributed by atoms with Crippen LogP contribution in [0, 0.1) is 0 Å². The largest absolute Gasteiger partial charge is 0.457 e. The van der Waals surface area contributed by atoms with Gasteiger partial charge in [0.05, 0.1) is 12.1 Å². The van der Waals surface area contributed by atoms with Crippen molar-refractivity contribution in [1.29, 1.82) is 0 Å². The van der Waals surface area contributed by atoms with Crippen molar-refractivity contribution < 1.29 is 14.3 Å². The first kappa shape index (κ1) is 21.2. The van der Waals surface area contributed by atoms with Crippen LogP contribution in [0.25, 0.3) is 0 Å². The van der Waals surface area contributed by atoms with Crippen molar-refractivity contribution in [2.75, 3.05) is 16.8 Å². The number of amides is 1. The molecular weight excluding hydrogens is 418 g/mol. The minimum atomic E-state index is -0.400. The average Bonchev–Trinajstić information content (AvgIpc) is 3.62. The Morgan fingerprint density at radius 1 is 1.06 bits per heavy atom. The molecule has 1 N–H and O–H groups in total. The van der Waals surface area contributed by atoms with Crippen molar-refractivity contribution in [2.45, 2.75) is 51.1 Å². The van der Waals surface area contributed by atoms with Gasteiger partial charge in [0.1, 0.15) is 23.9 Å². The van der Waals surface area contributed by atoms with Gasteiger partial charge < -0.3 is 14.8 Å². The van der Waals surface area contributed by atoms with Gasteiger partial charge in [-0.1, -0.05) is 37.3 Å². The minimum absolute atomic E-state index is 0.0504. The summed E-state index contributed by atoms with van der Waals surface area (Å²) in [5.41, 5.74) is 1.07. The Labute approximate surface area is 193 Å². The number of hydrogen-bond donors (Lipinski definition) is 1. The van der Waals surface area contributed by atoms with Crippen LogP contribution in [0.15, 0.2) is 54.6 Å². The highest BCUT2D eigenvalue weighted by atomic mass is 16.6. The number of carbonyl (C=O) groups is 1. The van der Waals surface area contributed by atoms with Crippen LogP contribution in [-0.4, -0.2) is 33.7 Å². The van der Waals surface area contributed by atoms with Gasteiger partial charge in [-0.15, -0.1) is 0 Å². The second-order valence-corrected chi connectivity index (χ2v) is 8.45. The van der Waals surface area contributed by atoms with E-state index in [1.807, 2.05) is 68.4 Å². The zero-order chi connectivity index (χ0) is 22.8. The fourth-order valence-corrected chi connectivity index (χ4v) is 3.81. The van der Waals surface area contributed by atoms with E-state index in [0.29, 0.717) is 24.4 Å². The summed E-state index contributed by atoms with van der Waals surface area (Å²) in [6, 6.07) is 17.5. The Morgan fingerprint density at radius 2 is 1.79 bits per heavy atom. The maximum absolute atomic E-state index is 12.3. The van der Waals surface area contributed by atoms with Crippen LogP contribution < -0.4 is 15.0 Å². The molecule has 2 heterocycles. The summed E-state index contributed by atoms with van der Waals surface area (Å²) in [6.45, 7) is 4.43. The lowest BCUT2D eigenvalue weighted by Crippen LogP contribution is -2.35. The monoisotopic (exact) mass is 445 g/mol. The molecule has 8 heteroatoms. The SMILES string of the molecule is CCC1COC(=O)N1c1nc(N[C@@H](C)c2ccc(Oc3ccccc3)cc2)nc(C2CC2)n1. The molecule has 0 bridgehead atoms. The highest BCUT2D eigenvalue weighted by Gasteiger charge is 2.37. The molecule has 1 unspecified atom stereocenters. The minimum Gasteiger partial charge on any atom is -0.457 e. The molecular formula is C25H27N5O3. The van der Waals surface area contributed by atoms with E-state index in [9.17, 15) is 4.79 Å². The van der Waals surface area contributed by atoms with E-state index in [2.05, 4.69) is 20.3 Å². The lowest BCUT2D eigenvalue weighted by Gasteiger charge is -2.20. The summed E-state index contributed by atoms with van der Waals surface area (Å²) in [7, 11) is 0. The van der Waals surface area contributed by atoms with Crippen LogP contribution >= 0.6 is 0 Å². The third-order valence-corrected chi connectivity index (χ3v) is 5.94. The van der Waals surface area contributed by atoms with Gasteiger partial charge in [0.15, 0.2) is 0 Å². The van der Waals surface area contributed by atoms with Gasteiger partial charge in [-0.2, -0.15) is 15.0 Å².